The Hall–Kier alpha value is -1.40. The van der Waals surface area contributed by atoms with Crippen molar-refractivity contribution >= 4 is 16.3 Å². The maximum Gasteiger partial charge on any atom is 0.268 e. The van der Waals surface area contributed by atoms with Crippen LogP contribution >= 0.6 is 11.3 Å². The maximum absolute atomic E-state index is 5.78. The average Bonchev–Trinajstić information content (AvgIpc) is 2.92. The highest BCUT2D eigenvalue weighted by atomic mass is 32.1. The second-order valence-corrected chi connectivity index (χ2v) is 5.82. The van der Waals surface area contributed by atoms with E-state index in [1.807, 2.05) is 19.9 Å². The fraction of sp³-hybridized carbons (Fsp3) is 0.538. The molecule has 0 aliphatic carbocycles. The molecular weight excluding hydrogens is 262 g/mol. The van der Waals surface area contributed by atoms with Crippen molar-refractivity contribution in [2.45, 2.75) is 33.8 Å². The van der Waals surface area contributed by atoms with E-state index in [1.54, 1.807) is 0 Å². The number of nitrogen functional groups attached to an aromatic ring is 1. The average molecular weight is 281 g/mol. The van der Waals surface area contributed by atoms with Crippen molar-refractivity contribution in [1.82, 2.24) is 10.1 Å². The van der Waals surface area contributed by atoms with Crippen LogP contribution in [0.25, 0.3) is 10.8 Å². The van der Waals surface area contributed by atoms with E-state index in [0.29, 0.717) is 24.2 Å². The Bertz CT molecular complexity index is 548. The zero-order chi connectivity index (χ0) is 14.0. The smallest absolute Gasteiger partial charge is 0.268 e. The van der Waals surface area contributed by atoms with Gasteiger partial charge in [-0.3, -0.25) is 0 Å². The molecule has 2 rings (SSSR count). The lowest BCUT2D eigenvalue weighted by Crippen LogP contribution is -2.12. The standard InChI is InChI=1S/C13H19N3O2S/c1-5-17-10(7(2)3)12-15-13(18-16-12)11-8(4)6-9(14)19-11/h6-7,10H,5,14H2,1-4H3. The summed E-state index contributed by atoms with van der Waals surface area (Å²) in [5.74, 6) is 1.40. The molecule has 1 unspecified atom stereocenters. The van der Waals surface area contributed by atoms with Gasteiger partial charge in [0.05, 0.1) is 9.88 Å². The fourth-order valence-corrected chi connectivity index (χ4v) is 2.77. The summed E-state index contributed by atoms with van der Waals surface area (Å²) in [5, 5.41) is 4.79. The highest BCUT2D eigenvalue weighted by molar-refractivity contribution is 7.19. The van der Waals surface area contributed by atoms with Crippen molar-refractivity contribution < 1.29 is 9.26 Å². The van der Waals surface area contributed by atoms with E-state index < -0.39 is 0 Å². The van der Waals surface area contributed by atoms with Gasteiger partial charge < -0.3 is 15.0 Å². The van der Waals surface area contributed by atoms with Crippen molar-refractivity contribution in [1.29, 1.82) is 0 Å². The maximum atomic E-state index is 5.78. The van der Waals surface area contributed by atoms with Crippen LogP contribution in [0.4, 0.5) is 5.00 Å². The molecule has 6 heteroatoms. The van der Waals surface area contributed by atoms with Crippen LogP contribution in [-0.2, 0) is 4.74 Å². The number of nitrogens with zero attached hydrogens (tertiary/aromatic N) is 2. The van der Waals surface area contributed by atoms with E-state index in [1.165, 1.54) is 11.3 Å². The third-order valence-electron chi connectivity index (χ3n) is 2.78. The number of nitrogens with two attached hydrogens (primary N) is 1. The van der Waals surface area contributed by atoms with Crippen molar-refractivity contribution in [2.75, 3.05) is 12.3 Å². The van der Waals surface area contributed by atoms with Crippen LogP contribution < -0.4 is 5.73 Å². The van der Waals surface area contributed by atoms with Crippen LogP contribution in [0.3, 0.4) is 0 Å². The molecule has 19 heavy (non-hydrogen) atoms. The zero-order valence-electron chi connectivity index (χ0n) is 11.6. The summed E-state index contributed by atoms with van der Waals surface area (Å²) in [5.41, 5.74) is 6.83. The summed E-state index contributed by atoms with van der Waals surface area (Å²) in [6.45, 7) is 8.71. The minimum atomic E-state index is -0.139. The van der Waals surface area contributed by atoms with Crippen LogP contribution in [0, 0.1) is 12.8 Å². The Morgan fingerprint density at radius 3 is 2.74 bits per heavy atom. The van der Waals surface area contributed by atoms with Gasteiger partial charge in [0.1, 0.15) is 6.10 Å². The lowest BCUT2D eigenvalue weighted by molar-refractivity contribution is 0.0217. The number of aryl methyl sites for hydroxylation is 1. The molecular formula is C13H19N3O2S. The summed E-state index contributed by atoms with van der Waals surface area (Å²) < 4.78 is 11.0. The van der Waals surface area contributed by atoms with Crippen LogP contribution in [0.5, 0.6) is 0 Å². The lowest BCUT2D eigenvalue weighted by atomic mass is 10.1. The topological polar surface area (TPSA) is 74.2 Å². The molecule has 0 bridgehead atoms. The van der Waals surface area contributed by atoms with Gasteiger partial charge in [-0.15, -0.1) is 11.3 Å². The van der Waals surface area contributed by atoms with Gasteiger partial charge in [-0.2, -0.15) is 4.98 Å². The molecule has 2 aromatic heterocycles. The third kappa shape index (κ3) is 2.96. The van der Waals surface area contributed by atoms with E-state index in [-0.39, 0.29) is 6.10 Å². The fourth-order valence-electron chi connectivity index (χ4n) is 1.91. The largest absolute Gasteiger partial charge is 0.391 e. The molecule has 0 aliphatic heterocycles. The summed E-state index contributed by atoms with van der Waals surface area (Å²) >= 11 is 1.45. The quantitative estimate of drug-likeness (QED) is 0.909. The van der Waals surface area contributed by atoms with Crippen LogP contribution in [-0.4, -0.2) is 16.7 Å². The normalized spacial score (nSPS) is 13.1. The van der Waals surface area contributed by atoms with Gasteiger partial charge in [0.25, 0.3) is 5.89 Å². The molecule has 0 radical (unpaired) electrons. The van der Waals surface area contributed by atoms with E-state index in [4.69, 9.17) is 15.0 Å². The second kappa shape index (κ2) is 5.71. The molecule has 2 aromatic rings. The van der Waals surface area contributed by atoms with Gasteiger partial charge in [-0.25, -0.2) is 0 Å². The molecule has 0 amide bonds. The van der Waals surface area contributed by atoms with Crippen molar-refractivity contribution in [3.63, 3.8) is 0 Å². The first-order valence-corrected chi connectivity index (χ1v) is 7.16. The molecule has 2 N–H and O–H groups in total. The molecule has 2 heterocycles. The number of rotatable bonds is 5. The van der Waals surface area contributed by atoms with Gasteiger partial charge in [0.2, 0.25) is 5.82 Å². The monoisotopic (exact) mass is 281 g/mol. The first-order valence-electron chi connectivity index (χ1n) is 6.34. The third-order valence-corrected chi connectivity index (χ3v) is 3.83. The summed E-state index contributed by atoms with van der Waals surface area (Å²) in [6.07, 6.45) is -0.139. The van der Waals surface area contributed by atoms with Crippen molar-refractivity contribution in [3.8, 4) is 10.8 Å². The Balaban J connectivity index is 2.30. The Kier molecular flexibility index (Phi) is 4.21. The molecule has 0 aliphatic rings. The highest BCUT2D eigenvalue weighted by Gasteiger charge is 2.23. The molecule has 0 saturated carbocycles. The first kappa shape index (κ1) is 14.0. The Labute approximate surface area is 116 Å². The molecule has 1 atom stereocenters. The molecule has 104 valence electrons. The number of ether oxygens (including phenoxy) is 1. The number of hydrogen-bond acceptors (Lipinski definition) is 6. The second-order valence-electron chi connectivity index (χ2n) is 4.74. The highest BCUT2D eigenvalue weighted by Crippen LogP contribution is 2.34. The summed E-state index contributed by atoms with van der Waals surface area (Å²) in [7, 11) is 0. The van der Waals surface area contributed by atoms with Gasteiger partial charge in [-0.05, 0) is 31.4 Å². The van der Waals surface area contributed by atoms with Crippen molar-refractivity contribution in [3.05, 3.63) is 17.5 Å². The lowest BCUT2D eigenvalue weighted by Gasteiger charge is -2.16. The van der Waals surface area contributed by atoms with E-state index in [9.17, 15) is 0 Å². The Morgan fingerprint density at radius 2 is 2.21 bits per heavy atom. The minimum absolute atomic E-state index is 0.139. The van der Waals surface area contributed by atoms with Gasteiger partial charge in [0, 0.05) is 6.61 Å². The van der Waals surface area contributed by atoms with E-state index >= 15 is 0 Å². The predicted octanol–water partition coefficient (Wildman–Crippen LogP) is 3.42. The van der Waals surface area contributed by atoms with Crippen LogP contribution in [0.15, 0.2) is 10.6 Å². The van der Waals surface area contributed by atoms with E-state index in [2.05, 4.69) is 24.0 Å². The number of hydrogen-bond donors (Lipinski definition) is 1. The molecule has 0 fully saturated rings. The Morgan fingerprint density at radius 1 is 1.47 bits per heavy atom. The van der Waals surface area contributed by atoms with Crippen molar-refractivity contribution in [2.24, 2.45) is 5.92 Å². The molecule has 0 saturated heterocycles. The zero-order valence-corrected chi connectivity index (χ0v) is 12.5. The van der Waals surface area contributed by atoms with Gasteiger partial charge in [-0.1, -0.05) is 19.0 Å². The SMILES string of the molecule is CCOC(c1noc(-c2sc(N)cc2C)n1)C(C)C. The van der Waals surface area contributed by atoms with Crippen LogP contribution in [0.2, 0.25) is 0 Å². The van der Waals surface area contributed by atoms with Crippen LogP contribution in [0.1, 0.15) is 38.3 Å². The van der Waals surface area contributed by atoms with Gasteiger partial charge >= 0.3 is 0 Å². The summed E-state index contributed by atoms with van der Waals surface area (Å²) in [6, 6.07) is 1.91. The van der Waals surface area contributed by atoms with E-state index in [0.717, 1.165) is 15.4 Å². The number of anilines is 1. The minimum Gasteiger partial charge on any atom is -0.391 e. The summed E-state index contributed by atoms with van der Waals surface area (Å²) in [4.78, 5) is 5.37. The first-order chi connectivity index (χ1) is 9.02. The molecule has 0 aromatic carbocycles. The number of aromatic nitrogens is 2. The molecule has 0 spiro atoms. The van der Waals surface area contributed by atoms with Gasteiger partial charge in [0.15, 0.2) is 0 Å². The number of thiophene rings is 1. The predicted molar refractivity (Wildman–Crippen MR) is 76.0 cm³/mol. The molecule has 5 nitrogen and oxygen atoms in total.